The van der Waals surface area contributed by atoms with E-state index in [2.05, 4.69) is 5.32 Å². The molecule has 0 spiro atoms. The Balaban J connectivity index is 1.78. The van der Waals surface area contributed by atoms with E-state index >= 15 is 0 Å². The SMILES string of the molecule is O=[N+]([O-])c1ccc(F)c(F)c1NCC(C1CC1)C1CC1. The van der Waals surface area contributed by atoms with E-state index in [1.54, 1.807) is 0 Å². The normalized spacial score (nSPS) is 18.4. The van der Waals surface area contributed by atoms with Crippen LogP contribution in [-0.2, 0) is 0 Å². The van der Waals surface area contributed by atoms with Gasteiger partial charge in [-0.2, -0.15) is 0 Å². The number of nitrogens with zero attached hydrogens (tertiary/aromatic N) is 1. The molecule has 20 heavy (non-hydrogen) atoms. The molecule has 108 valence electrons. The van der Waals surface area contributed by atoms with Crippen LogP contribution in [0.1, 0.15) is 25.7 Å². The quantitative estimate of drug-likeness (QED) is 0.639. The Labute approximate surface area is 115 Å². The summed E-state index contributed by atoms with van der Waals surface area (Å²) in [5.74, 6) is -0.509. The number of halogens is 2. The van der Waals surface area contributed by atoms with Crippen molar-refractivity contribution in [3.05, 3.63) is 33.9 Å². The number of nitro groups is 1. The molecule has 0 bridgehead atoms. The summed E-state index contributed by atoms with van der Waals surface area (Å²) in [6, 6.07) is 1.79. The van der Waals surface area contributed by atoms with Gasteiger partial charge >= 0.3 is 0 Å². The van der Waals surface area contributed by atoms with Crippen molar-refractivity contribution >= 4 is 11.4 Å². The number of anilines is 1. The van der Waals surface area contributed by atoms with Crippen molar-refractivity contribution in [2.45, 2.75) is 25.7 Å². The van der Waals surface area contributed by atoms with Gasteiger partial charge in [-0.1, -0.05) is 0 Å². The third kappa shape index (κ3) is 2.59. The van der Waals surface area contributed by atoms with Crippen LogP contribution in [0.3, 0.4) is 0 Å². The predicted octanol–water partition coefficient (Wildman–Crippen LogP) is 3.72. The molecule has 0 unspecified atom stereocenters. The van der Waals surface area contributed by atoms with Crippen LogP contribution >= 0.6 is 0 Å². The highest BCUT2D eigenvalue weighted by Gasteiger charge is 2.41. The van der Waals surface area contributed by atoms with Gasteiger partial charge in [-0.05, 0) is 49.5 Å². The Hall–Kier alpha value is -1.72. The van der Waals surface area contributed by atoms with Gasteiger partial charge in [0.05, 0.1) is 4.92 Å². The van der Waals surface area contributed by atoms with Crippen LogP contribution in [0.15, 0.2) is 12.1 Å². The number of hydrogen-bond donors (Lipinski definition) is 1. The third-order valence-corrected chi connectivity index (χ3v) is 4.24. The van der Waals surface area contributed by atoms with Gasteiger partial charge in [-0.15, -0.1) is 0 Å². The van der Waals surface area contributed by atoms with Crippen LogP contribution in [0.5, 0.6) is 0 Å². The maximum Gasteiger partial charge on any atom is 0.295 e. The molecule has 0 amide bonds. The first-order chi connectivity index (χ1) is 9.58. The number of rotatable bonds is 6. The second kappa shape index (κ2) is 5.00. The van der Waals surface area contributed by atoms with Gasteiger partial charge in [0.2, 0.25) is 0 Å². The van der Waals surface area contributed by atoms with E-state index < -0.39 is 22.2 Å². The van der Waals surface area contributed by atoms with E-state index in [9.17, 15) is 18.9 Å². The van der Waals surface area contributed by atoms with Crippen molar-refractivity contribution in [2.24, 2.45) is 17.8 Å². The molecular weight excluding hydrogens is 266 g/mol. The second-order valence-electron chi connectivity index (χ2n) is 5.73. The van der Waals surface area contributed by atoms with Gasteiger partial charge in [0.1, 0.15) is 0 Å². The average Bonchev–Trinajstić information content (AvgIpc) is 3.26. The highest BCUT2D eigenvalue weighted by molar-refractivity contribution is 5.62. The molecule has 3 rings (SSSR count). The van der Waals surface area contributed by atoms with Crippen LogP contribution < -0.4 is 5.32 Å². The lowest BCUT2D eigenvalue weighted by molar-refractivity contribution is -0.384. The van der Waals surface area contributed by atoms with Crippen LogP contribution in [0.25, 0.3) is 0 Å². The molecule has 0 aliphatic heterocycles. The predicted molar refractivity (Wildman–Crippen MR) is 70.4 cm³/mol. The molecule has 1 aromatic carbocycles. The molecule has 4 nitrogen and oxygen atoms in total. The summed E-state index contributed by atoms with van der Waals surface area (Å²) in [7, 11) is 0. The molecule has 0 saturated heterocycles. The first kappa shape index (κ1) is 13.3. The maximum absolute atomic E-state index is 13.8. The minimum absolute atomic E-state index is 0.318. The standard InChI is InChI=1S/C14H16F2N2O2/c15-11-5-6-12(18(19)20)14(13(11)16)17-7-10(8-1-2-8)9-3-4-9/h5-6,8-10,17H,1-4,7H2. The fraction of sp³-hybridized carbons (Fsp3) is 0.571. The Morgan fingerprint density at radius 1 is 1.25 bits per heavy atom. The second-order valence-corrected chi connectivity index (χ2v) is 5.73. The molecule has 1 aromatic rings. The monoisotopic (exact) mass is 282 g/mol. The Morgan fingerprint density at radius 3 is 2.35 bits per heavy atom. The molecule has 6 heteroatoms. The molecule has 2 aliphatic rings. The number of nitrogens with one attached hydrogen (secondary N) is 1. The van der Waals surface area contributed by atoms with E-state index in [0.717, 1.165) is 12.1 Å². The third-order valence-electron chi connectivity index (χ3n) is 4.24. The van der Waals surface area contributed by atoms with Crippen molar-refractivity contribution < 1.29 is 13.7 Å². The highest BCUT2D eigenvalue weighted by Crippen LogP contribution is 2.49. The molecule has 1 N–H and O–H groups in total. The van der Waals surface area contributed by atoms with E-state index in [1.165, 1.54) is 25.7 Å². The summed E-state index contributed by atoms with van der Waals surface area (Å²) in [5.41, 5.74) is -0.726. The van der Waals surface area contributed by atoms with Crippen molar-refractivity contribution in [1.82, 2.24) is 0 Å². The minimum atomic E-state index is -1.16. The van der Waals surface area contributed by atoms with Gasteiger partial charge < -0.3 is 5.32 Å². The first-order valence-corrected chi connectivity index (χ1v) is 6.94. The summed E-state index contributed by atoms with van der Waals surface area (Å²) in [6.07, 6.45) is 4.71. The summed E-state index contributed by atoms with van der Waals surface area (Å²) in [4.78, 5) is 10.2. The van der Waals surface area contributed by atoms with Crippen LogP contribution in [0, 0.1) is 39.5 Å². The average molecular weight is 282 g/mol. The van der Waals surface area contributed by atoms with Crippen molar-refractivity contribution in [1.29, 1.82) is 0 Å². The van der Waals surface area contributed by atoms with Gasteiger partial charge in [0.15, 0.2) is 17.3 Å². The zero-order valence-corrected chi connectivity index (χ0v) is 10.9. The van der Waals surface area contributed by atoms with Crippen molar-refractivity contribution in [3.63, 3.8) is 0 Å². The zero-order valence-electron chi connectivity index (χ0n) is 10.9. The van der Waals surface area contributed by atoms with Crippen molar-refractivity contribution in [3.8, 4) is 0 Å². The molecule has 0 aromatic heterocycles. The summed E-state index contributed by atoms with van der Waals surface area (Å²) < 4.78 is 27.0. The highest BCUT2D eigenvalue weighted by atomic mass is 19.2. The van der Waals surface area contributed by atoms with E-state index in [0.29, 0.717) is 24.3 Å². The number of hydrogen-bond acceptors (Lipinski definition) is 3. The van der Waals surface area contributed by atoms with Gasteiger partial charge in [-0.25, -0.2) is 8.78 Å². The lowest BCUT2D eigenvalue weighted by Crippen LogP contribution is -2.19. The van der Waals surface area contributed by atoms with E-state index in [1.807, 2.05) is 0 Å². The number of benzene rings is 1. The Kier molecular flexibility index (Phi) is 3.31. The maximum atomic E-state index is 13.8. The van der Waals surface area contributed by atoms with E-state index in [4.69, 9.17) is 0 Å². The number of nitro benzene ring substituents is 1. The van der Waals surface area contributed by atoms with Gasteiger partial charge in [0, 0.05) is 12.6 Å². The van der Waals surface area contributed by atoms with E-state index in [-0.39, 0.29) is 5.69 Å². The molecule has 0 heterocycles. The van der Waals surface area contributed by atoms with Crippen molar-refractivity contribution in [2.75, 3.05) is 11.9 Å². The minimum Gasteiger partial charge on any atom is -0.377 e. The largest absolute Gasteiger partial charge is 0.377 e. The first-order valence-electron chi connectivity index (χ1n) is 6.94. The smallest absolute Gasteiger partial charge is 0.295 e. The molecule has 2 fully saturated rings. The fourth-order valence-electron chi connectivity index (χ4n) is 2.85. The fourth-order valence-corrected chi connectivity index (χ4v) is 2.85. The topological polar surface area (TPSA) is 55.2 Å². The summed E-state index contributed by atoms with van der Waals surface area (Å²) in [5, 5.41) is 13.7. The molecule has 0 atom stereocenters. The lowest BCUT2D eigenvalue weighted by Gasteiger charge is -2.17. The Bertz CT molecular complexity index is 530. The molecule has 0 radical (unpaired) electrons. The molecule has 2 saturated carbocycles. The summed E-state index contributed by atoms with van der Waals surface area (Å²) >= 11 is 0. The van der Waals surface area contributed by atoms with Crippen LogP contribution in [0.4, 0.5) is 20.2 Å². The Morgan fingerprint density at radius 2 is 1.85 bits per heavy atom. The summed E-state index contributed by atoms with van der Waals surface area (Å²) in [6.45, 7) is 0.483. The lowest BCUT2D eigenvalue weighted by atomic mass is 9.98. The van der Waals surface area contributed by atoms with Gasteiger partial charge in [-0.3, -0.25) is 10.1 Å². The van der Waals surface area contributed by atoms with Gasteiger partial charge in [0.25, 0.3) is 5.69 Å². The molecule has 2 aliphatic carbocycles. The van der Waals surface area contributed by atoms with Crippen LogP contribution in [-0.4, -0.2) is 11.5 Å². The van der Waals surface area contributed by atoms with Crippen LogP contribution in [0.2, 0.25) is 0 Å². The molecular formula is C14H16F2N2O2. The zero-order chi connectivity index (χ0) is 14.3.